The topological polar surface area (TPSA) is 76.5 Å². The second kappa shape index (κ2) is 8.20. The lowest BCUT2D eigenvalue weighted by molar-refractivity contribution is -0.126. The number of piperidine rings is 1. The van der Waals surface area contributed by atoms with Crippen molar-refractivity contribution in [3.63, 3.8) is 0 Å². The van der Waals surface area contributed by atoms with Crippen LogP contribution in [-0.4, -0.2) is 51.7 Å². The molecular formula is C21H30N4O3. The summed E-state index contributed by atoms with van der Waals surface area (Å²) in [6.07, 6.45) is 1.26. The zero-order valence-electron chi connectivity index (χ0n) is 17.2. The van der Waals surface area contributed by atoms with Gasteiger partial charge in [-0.05, 0) is 52.7 Å². The van der Waals surface area contributed by atoms with Gasteiger partial charge >= 0.3 is 6.09 Å². The second-order valence-corrected chi connectivity index (χ2v) is 8.36. The molecule has 152 valence electrons. The third-order valence-corrected chi connectivity index (χ3v) is 4.92. The van der Waals surface area contributed by atoms with E-state index in [4.69, 9.17) is 4.74 Å². The van der Waals surface area contributed by atoms with Crippen LogP contribution in [0.5, 0.6) is 0 Å². The molecule has 2 aromatic rings. The number of hydrogen-bond acceptors (Lipinski definition) is 4. The van der Waals surface area contributed by atoms with Gasteiger partial charge in [-0.1, -0.05) is 12.1 Å². The molecular weight excluding hydrogens is 356 g/mol. The van der Waals surface area contributed by atoms with Crippen LogP contribution in [-0.2, 0) is 16.1 Å². The minimum absolute atomic E-state index is 0.00432. The van der Waals surface area contributed by atoms with Crippen LogP contribution in [0.1, 0.15) is 39.4 Å². The van der Waals surface area contributed by atoms with Crippen molar-refractivity contribution in [3.8, 4) is 0 Å². The molecule has 1 aliphatic heterocycles. The Labute approximate surface area is 166 Å². The molecule has 0 aliphatic carbocycles. The summed E-state index contributed by atoms with van der Waals surface area (Å²) in [5.74, 6) is 0.737. The van der Waals surface area contributed by atoms with E-state index in [1.54, 1.807) is 4.90 Å². The number of fused-ring (bicyclic) bond motifs is 1. The summed E-state index contributed by atoms with van der Waals surface area (Å²) in [5.41, 5.74) is 1.51. The zero-order chi connectivity index (χ0) is 20.3. The van der Waals surface area contributed by atoms with Crippen molar-refractivity contribution in [1.82, 2.24) is 19.8 Å². The minimum Gasteiger partial charge on any atom is -0.444 e. The van der Waals surface area contributed by atoms with Crippen molar-refractivity contribution in [1.29, 1.82) is 0 Å². The average Bonchev–Trinajstić information content (AvgIpc) is 2.96. The number of nitrogens with zero attached hydrogens (tertiary/aromatic N) is 3. The minimum atomic E-state index is -0.530. The first kappa shape index (κ1) is 20.2. The van der Waals surface area contributed by atoms with Crippen molar-refractivity contribution >= 4 is 23.0 Å². The highest BCUT2D eigenvalue weighted by atomic mass is 16.6. The standard InChI is InChI=1S/C21H30N4O3/c1-15-23-17-9-5-6-10-18(17)25(15)13-11-22-19(26)16-8-7-12-24(14-16)20(27)28-21(2,3)4/h5-6,9-10,16H,7-8,11-14H2,1-4H3,(H,22,26). The smallest absolute Gasteiger partial charge is 0.410 e. The number of benzene rings is 1. The van der Waals surface area contributed by atoms with E-state index in [-0.39, 0.29) is 17.9 Å². The average molecular weight is 386 g/mol. The lowest BCUT2D eigenvalue weighted by Gasteiger charge is -2.33. The van der Waals surface area contributed by atoms with Gasteiger partial charge < -0.3 is 19.5 Å². The van der Waals surface area contributed by atoms with Crippen molar-refractivity contribution in [2.45, 2.75) is 52.7 Å². The molecule has 1 atom stereocenters. The molecule has 0 bridgehead atoms. The van der Waals surface area contributed by atoms with Crippen molar-refractivity contribution in [3.05, 3.63) is 30.1 Å². The third kappa shape index (κ3) is 4.82. The molecule has 7 nitrogen and oxygen atoms in total. The zero-order valence-corrected chi connectivity index (χ0v) is 17.2. The van der Waals surface area contributed by atoms with Gasteiger partial charge in [0, 0.05) is 26.2 Å². The van der Waals surface area contributed by atoms with Crippen LogP contribution < -0.4 is 5.32 Å². The highest BCUT2D eigenvalue weighted by molar-refractivity contribution is 5.80. The predicted octanol–water partition coefficient (Wildman–Crippen LogP) is 3.11. The van der Waals surface area contributed by atoms with Crippen LogP contribution in [0.25, 0.3) is 11.0 Å². The Morgan fingerprint density at radius 1 is 1.29 bits per heavy atom. The maximum Gasteiger partial charge on any atom is 0.410 e. The number of hydrogen-bond donors (Lipinski definition) is 1. The number of carbonyl (C=O) groups excluding carboxylic acids is 2. The number of amides is 2. The molecule has 28 heavy (non-hydrogen) atoms. The maximum atomic E-state index is 12.6. The normalized spacial score (nSPS) is 17.6. The Balaban J connectivity index is 1.53. The van der Waals surface area contributed by atoms with E-state index >= 15 is 0 Å². The Hall–Kier alpha value is -2.57. The van der Waals surface area contributed by atoms with Crippen molar-refractivity contribution in [2.24, 2.45) is 5.92 Å². The lowest BCUT2D eigenvalue weighted by Crippen LogP contribution is -2.47. The van der Waals surface area contributed by atoms with E-state index < -0.39 is 5.60 Å². The summed E-state index contributed by atoms with van der Waals surface area (Å²) in [5, 5.41) is 3.02. The molecule has 0 radical (unpaired) electrons. The van der Waals surface area contributed by atoms with Gasteiger partial charge in [-0.15, -0.1) is 0 Å². The first-order valence-corrected chi connectivity index (χ1v) is 9.92. The van der Waals surface area contributed by atoms with E-state index in [0.717, 1.165) is 29.7 Å². The van der Waals surface area contributed by atoms with Gasteiger partial charge in [0.15, 0.2) is 0 Å². The lowest BCUT2D eigenvalue weighted by atomic mass is 9.97. The Kier molecular flexibility index (Phi) is 5.91. The van der Waals surface area contributed by atoms with E-state index in [9.17, 15) is 9.59 Å². The molecule has 1 saturated heterocycles. The molecule has 7 heteroatoms. The maximum absolute atomic E-state index is 12.6. The number of para-hydroxylation sites is 2. The van der Waals surface area contributed by atoms with Gasteiger partial charge in [-0.2, -0.15) is 0 Å². The monoisotopic (exact) mass is 386 g/mol. The molecule has 2 heterocycles. The fourth-order valence-electron chi connectivity index (χ4n) is 3.60. The number of nitrogens with one attached hydrogen (secondary N) is 1. The van der Waals surface area contributed by atoms with Crippen LogP contribution in [0.3, 0.4) is 0 Å². The summed E-state index contributed by atoms with van der Waals surface area (Å²) in [4.78, 5) is 31.1. The van der Waals surface area contributed by atoms with E-state index in [0.29, 0.717) is 26.2 Å². The number of likely N-dealkylation sites (tertiary alicyclic amines) is 1. The van der Waals surface area contributed by atoms with Gasteiger partial charge in [0.1, 0.15) is 11.4 Å². The first-order chi connectivity index (χ1) is 13.2. The SMILES string of the molecule is Cc1nc2ccccc2n1CCNC(=O)C1CCCN(C(=O)OC(C)(C)C)C1. The van der Waals surface area contributed by atoms with Gasteiger partial charge in [0.05, 0.1) is 17.0 Å². The van der Waals surface area contributed by atoms with Crippen molar-refractivity contribution < 1.29 is 14.3 Å². The predicted molar refractivity (Wildman–Crippen MR) is 108 cm³/mol. The Morgan fingerprint density at radius 3 is 2.79 bits per heavy atom. The van der Waals surface area contributed by atoms with E-state index in [1.807, 2.05) is 52.0 Å². The summed E-state index contributed by atoms with van der Waals surface area (Å²) < 4.78 is 7.55. The number of imidazole rings is 1. The van der Waals surface area contributed by atoms with Gasteiger partial charge in [-0.25, -0.2) is 9.78 Å². The summed E-state index contributed by atoms with van der Waals surface area (Å²) in [6.45, 7) is 9.76. The number of carbonyl (C=O) groups is 2. The molecule has 0 saturated carbocycles. The van der Waals surface area contributed by atoms with E-state index in [1.165, 1.54) is 0 Å². The van der Waals surface area contributed by atoms with Gasteiger partial charge in [0.2, 0.25) is 5.91 Å². The Morgan fingerprint density at radius 2 is 2.04 bits per heavy atom. The quantitative estimate of drug-likeness (QED) is 0.876. The Bertz CT molecular complexity index is 853. The molecule has 1 fully saturated rings. The molecule has 1 unspecified atom stereocenters. The summed E-state index contributed by atoms with van der Waals surface area (Å²) in [6, 6.07) is 7.99. The van der Waals surface area contributed by atoms with Gasteiger partial charge in [-0.3, -0.25) is 4.79 Å². The molecule has 1 aromatic carbocycles. The van der Waals surface area contributed by atoms with Crippen LogP contribution in [0.15, 0.2) is 24.3 Å². The first-order valence-electron chi connectivity index (χ1n) is 9.92. The molecule has 1 N–H and O–H groups in total. The van der Waals surface area contributed by atoms with Crippen LogP contribution in [0.4, 0.5) is 4.79 Å². The molecule has 3 rings (SSSR count). The van der Waals surface area contributed by atoms with Gasteiger partial charge in [0.25, 0.3) is 0 Å². The van der Waals surface area contributed by atoms with Crippen LogP contribution in [0, 0.1) is 12.8 Å². The number of aromatic nitrogens is 2. The molecule has 1 aliphatic rings. The second-order valence-electron chi connectivity index (χ2n) is 8.36. The van der Waals surface area contributed by atoms with Crippen molar-refractivity contribution in [2.75, 3.05) is 19.6 Å². The number of aryl methyl sites for hydroxylation is 1. The third-order valence-electron chi connectivity index (χ3n) is 4.92. The summed E-state index contributed by atoms with van der Waals surface area (Å²) in [7, 11) is 0. The summed E-state index contributed by atoms with van der Waals surface area (Å²) >= 11 is 0. The fraction of sp³-hybridized carbons (Fsp3) is 0.571. The largest absolute Gasteiger partial charge is 0.444 e. The highest BCUT2D eigenvalue weighted by Crippen LogP contribution is 2.20. The van der Waals surface area contributed by atoms with E-state index in [2.05, 4.69) is 14.9 Å². The highest BCUT2D eigenvalue weighted by Gasteiger charge is 2.30. The number of rotatable bonds is 4. The number of ether oxygens (including phenoxy) is 1. The molecule has 2 amide bonds. The molecule has 0 spiro atoms. The van der Waals surface area contributed by atoms with Crippen LogP contribution in [0.2, 0.25) is 0 Å². The fourth-order valence-corrected chi connectivity index (χ4v) is 3.60. The molecule has 1 aromatic heterocycles. The van der Waals surface area contributed by atoms with Crippen LogP contribution >= 0.6 is 0 Å².